The molecule has 29 heavy (non-hydrogen) atoms. The number of carbonyl (C=O) groups excluding carboxylic acids is 1. The number of anilines is 3. The number of aromatic nitrogens is 2. The van der Waals surface area contributed by atoms with Crippen LogP contribution in [0.2, 0.25) is 0 Å². The largest absolute Gasteiger partial charge is 0.483 e. The van der Waals surface area contributed by atoms with E-state index in [2.05, 4.69) is 20.0 Å². The summed E-state index contributed by atoms with van der Waals surface area (Å²) < 4.78 is 55.2. The van der Waals surface area contributed by atoms with E-state index in [0.717, 1.165) is 23.9 Å². The van der Waals surface area contributed by atoms with Gasteiger partial charge in [0.05, 0.1) is 11.1 Å². The van der Waals surface area contributed by atoms with Gasteiger partial charge >= 0.3 is 12.0 Å². The predicted octanol–water partition coefficient (Wildman–Crippen LogP) is 2.13. The van der Waals surface area contributed by atoms with E-state index in [0.29, 0.717) is 18.5 Å². The lowest BCUT2D eigenvalue weighted by Crippen LogP contribution is -2.54. The number of carbonyl (C=O) groups is 1. The molecule has 3 N–H and O–H groups in total. The number of primary sulfonamides is 1. The summed E-state index contributed by atoms with van der Waals surface area (Å²) in [5.41, 5.74) is 0.443. The van der Waals surface area contributed by atoms with E-state index >= 15 is 0 Å². The molecule has 0 bridgehead atoms. The molecule has 1 aromatic carbocycles. The van der Waals surface area contributed by atoms with Gasteiger partial charge in [0, 0.05) is 11.7 Å². The zero-order chi connectivity index (χ0) is 20.8. The summed E-state index contributed by atoms with van der Waals surface area (Å²) in [6.45, 7) is 0. The molecule has 2 aromatic rings. The maximum atomic E-state index is 14.0. The minimum absolute atomic E-state index is 0.0218. The fourth-order valence-corrected chi connectivity index (χ4v) is 3.96. The van der Waals surface area contributed by atoms with Gasteiger partial charge in [0.25, 0.3) is 0 Å². The molecule has 12 heteroatoms. The molecular formula is C17H17F2N5O4S. The molecule has 2 heterocycles. The molecule has 0 atom stereocenters. The molecule has 0 radical (unpaired) electrons. The third-order valence-corrected chi connectivity index (χ3v) is 5.73. The van der Waals surface area contributed by atoms with Gasteiger partial charge in [-0.15, -0.1) is 0 Å². The molecule has 4 rings (SSSR count). The Kier molecular flexibility index (Phi) is 4.62. The number of halogens is 2. The van der Waals surface area contributed by atoms with Gasteiger partial charge in [-0.25, -0.2) is 18.5 Å². The summed E-state index contributed by atoms with van der Waals surface area (Å²) >= 11 is 0. The number of rotatable bonds is 4. The highest BCUT2D eigenvalue weighted by molar-refractivity contribution is 7.89. The van der Waals surface area contributed by atoms with E-state index in [1.54, 1.807) is 0 Å². The van der Waals surface area contributed by atoms with E-state index in [1.165, 1.54) is 24.3 Å². The van der Waals surface area contributed by atoms with Crippen molar-refractivity contribution in [3.05, 3.63) is 30.5 Å². The maximum absolute atomic E-state index is 14.0. The molecule has 1 amide bonds. The van der Waals surface area contributed by atoms with Gasteiger partial charge in [0.1, 0.15) is 0 Å². The number of hydrogen-bond acceptors (Lipinski definition) is 7. The normalized spacial score (nSPS) is 19.0. The average molecular weight is 425 g/mol. The van der Waals surface area contributed by atoms with Crippen LogP contribution >= 0.6 is 0 Å². The standard InChI is InChI=1S/C17H17F2N5O4S/c18-17(19)15(25)24(11-3-1-2-4-11)14-13(28-17)9-21-16(23-14)22-10-5-7-12(8-6-10)29(20,26)27/h5-9,11H,1-4H2,(H2,20,26,27)(H,21,22,23). The topological polar surface area (TPSA) is 128 Å². The van der Waals surface area contributed by atoms with Crippen LogP contribution in [0.25, 0.3) is 0 Å². The van der Waals surface area contributed by atoms with E-state index < -0.39 is 22.0 Å². The van der Waals surface area contributed by atoms with Crippen molar-refractivity contribution in [1.29, 1.82) is 0 Å². The molecule has 1 saturated carbocycles. The summed E-state index contributed by atoms with van der Waals surface area (Å²) in [6, 6.07) is 5.12. The number of fused-ring (bicyclic) bond motifs is 1. The van der Waals surface area contributed by atoms with Gasteiger partial charge in [-0.05, 0) is 37.1 Å². The Labute approximate surface area is 164 Å². The molecule has 1 aliphatic carbocycles. The second-order valence-corrected chi connectivity index (χ2v) is 8.37. The summed E-state index contributed by atoms with van der Waals surface area (Å²) in [7, 11) is -3.83. The van der Waals surface area contributed by atoms with Crippen LogP contribution in [0.15, 0.2) is 35.4 Å². The number of nitrogens with two attached hydrogens (primary N) is 1. The molecular weight excluding hydrogens is 408 g/mol. The van der Waals surface area contributed by atoms with Crippen LogP contribution < -0.4 is 20.1 Å². The maximum Gasteiger partial charge on any atom is 0.483 e. The van der Waals surface area contributed by atoms with Crippen LogP contribution in [0, 0.1) is 0 Å². The van der Waals surface area contributed by atoms with E-state index in [4.69, 9.17) is 5.14 Å². The fraction of sp³-hybridized carbons (Fsp3) is 0.353. The van der Waals surface area contributed by atoms with Crippen LogP contribution in [-0.2, 0) is 14.8 Å². The first-order valence-corrected chi connectivity index (χ1v) is 10.4. The lowest BCUT2D eigenvalue weighted by Gasteiger charge is -2.35. The van der Waals surface area contributed by atoms with E-state index in [-0.39, 0.29) is 28.5 Å². The molecule has 1 aliphatic heterocycles. The van der Waals surface area contributed by atoms with E-state index in [9.17, 15) is 22.0 Å². The zero-order valence-corrected chi connectivity index (χ0v) is 15.8. The Morgan fingerprint density at radius 2 is 1.86 bits per heavy atom. The summed E-state index contributed by atoms with van der Waals surface area (Å²) in [5, 5.41) is 7.90. The second kappa shape index (κ2) is 6.88. The molecule has 1 aromatic heterocycles. The summed E-state index contributed by atoms with van der Waals surface area (Å²) in [5.74, 6) is -1.71. The number of amides is 1. The highest BCUT2D eigenvalue weighted by Crippen LogP contribution is 2.41. The minimum atomic E-state index is -3.97. The quantitative estimate of drug-likeness (QED) is 0.768. The second-order valence-electron chi connectivity index (χ2n) is 6.81. The Morgan fingerprint density at radius 3 is 2.48 bits per heavy atom. The van der Waals surface area contributed by atoms with Crippen molar-refractivity contribution >= 4 is 33.4 Å². The first kappa shape index (κ1) is 19.5. The number of nitrogens with zero attached hydrogens (tertiary/aromatic N) is 3. The molecule has 2 aliphatic rings. The summed E-state index contributed by atoms with van der Waals surface area (Å²) in [6.07, 6.45) is -0.0270. The van der Waals surface area contributed by atoms with Crippen molar-refractivity contribution in [2.75, 3.05) is 10.2 Å². The highest BCUT2D eigenvalue weighted by Gasteiger charge is 2.53. The van der Waals surface area contributed by atoms with Crippen LogP contribution in [0.3, 0.4) is 0 Å². The van der Waals surface area contributed by atoms with Crippen molar-refractivity contribution in [2.24, 2.45) is 5.14 Å². The monoisotopic (exact) mass is 425 g/mol. The average Bonchev–Trinajstić information content (AvgIpc) is 3.17. The fourth-order valence-electron chi connectivity index (χ4n) is 3.44. The highest BCUT2D eigenvalue weighted by atomic mass is 32.2. The number of alkyl halides is 2. The van der Waals surface area contributed by atoms with Crippen molar-refractivity contribution in [3.8, 4) is 5.75 Å². The lowest BCUT2D eigenvalue weighted by atomic mass is 10.2. The first-order chi connectivity index (χ1) is 13.6. The SMILES string of the molecule is NS(=O)(=O)c1ccc(Nc2ncc3c(n2)N(C2CCCC2)C(=O)C(F)(F)O3)cc1. The Morgan fingerprint density at radius 1 is 1.21 bits per heavy atom. The van der Waals surface area contributed by atoms with Gasteiger partial charge in [0.15, 0.2) is 11.6 Å². The van der Waals surface area contributed by atoms with E-state index in [1.807, 2.05) is 0 Å². The van der Waals surface area contributed by atoms with Gasteiger partial charge in [-0.2, -0.15) is 13.8 Å². The van der Waals surface area contributed by atoms with Gasteiger partial charge < -0.3 is 10.1 Å². The van der Waals surface area contributed by atoms with Gasteiger partial charge in [-0.1, -0.05) is 12.8 Å². The van der Waals surface area contributed by atoms with Crippen molar-refractivity contribution in [1.82, 2.24) is 9.97 Å². The van der Waals surface area contributed by atoms with Crippen LogP contribution in [0.1, 0.15) is 25.7 Å². The van der Waals surface area contributed by atoms with Crippen molar-refractivity contribution in [3.63, 3.8) is 0 Å². The molecule has 154 valence electrons. The molecule has 0 saturated heterocycles. The number of sulfonamides is 1. The van der Waals surface area contributed by atoms with Crippen LogP contribution in [-0.4, -0.2) is 36.4 Å². The third kappa shape index (κ3) is 3.72. The summed E-state index contributed by atoms with van der Waals surface area (Å²) in [4.78, 5) is 21.4. The van der Waals surface area contributed by atoms with Crippen molar-refractivity contribution < 1.29 is 26.7 Å². The molecule has 9 nitrogen and oxygen atoms in total. The van der Waals surface area contributed by atoms with Gasteiger partial charge in [0.2, 0.25) is 16.0 Å². The minimum Gasteiger partial charge on any atom is -0.420 e. The number of ether oxygens (including phenoxy) is 1. The predicted molar refractivity (Wildman–Crippen MR) is 98.4 cm³/mol. The smallest absolute Gasteiger partial charge is 0.420 e. The Hall–Kier alpha value is -2.86. The number of hydrogen-bond donors (Lipinski definition) is 2. The number of benzene rings is 1. The van der Waals surface area contributed by atoms with Crippen LogP contribution in [0.4, 0.5) is 26.2 Å². The first-order valence-electron chi connectivity index (χ1n) is 8.82. The molecule has 0 spiro atoms. The Balaban J connectivity index is 1.66. The molecule has 0 unspecified atom stereocenters. The Bertz CT molecular complexity index is 1060. The number of nitrogens with one attached hydrogen (secondary N) is 1. The van der Waals surface area contributed by atoms with Gasteiger partial charge in [-0.3, -0.25) is 9.69 Å². The third-order valence-electron chi connectivity index (χ3n) is 4.80. The van der Waals surface area contributed by atoms with Crippen LogP contribution in [0.5, 0.6) is 5.75 Å². The molecule has 1 fully saturated rings. The lowest BCUT2D eigenvalue weighted by molar-refractivity contribution is -0.193. The van der Waals surface area contributed by atoms with Crippen molar-refractivity contribution in [2.45, 2.75) is 42.7 Å². The zero-order valence-electron chi connectivity index (χ0n) is 15.0.